The molecule has 0 radical (unpaired) electrons. The Hall–Kier alpha value is -3.26. The van der Waals surface area contributed by atoms with Crippen LogP contribution in [-0.2, 0) is 11.3 Å². The van der Waals surface area contributed by atoms with E-state index in [4.69, 9.17) is 15.6 Å². The van der Waals surface area contributed by atoms with Crippen molar-refractivity contribution in [1.29, 1.82) is 0 Å². The minimum absolute atomic E-state index is 0.158. The van der Waals surface area contributed by atoms with E-state index in [1.54, 1.807) is 9.47 Å². The Labute approximate surface area is 208 Å². The maximum atomic E-state index is 13.0. The van der Waals surface area contributed by atoms with E-state index in [0.29, 0.717) is 47.6 Å². The number of carbonyl (C=O) groups is 1. The lowest BCUT2D eigenvalue weighted by Crippen LogP contribution is -2.40. The fraction of sp³-hybridized carbons (Fsp3) is 0.455. The van der Waals surface area contributed by atoms with Crippen molar-refractivity contribution in [3.8, 4) is 11.5 Å². The van der Waals surface area contributed by atoms with Crippen LogP contribution in [0.25, 0.3) is 11.2 Å². The number of hydrogen-bond acceptors (Lipinski definition) is 9. The molecule has 3 aromatic rings. The molecule has 14 heteroatoms. The first-order valence-electron chi connectivity index (χ1n) is 11.2. The van der Waals surface area contributed by atoms with Crippen LogP contribution < -0.4 is 15.2 Å². The fourth-order valence-corrected chi connectivity index (χ4v) is 5.11. The second-order valence-electron chi connectivity index (χ2n) is 8.21. The Balaban J connectivity index is 1.60. The van der Waals surface area contributed by atoms with Crippen molar-refractivity contribution in [2.24, 2.45) is 5.92 Å². The quantitative estimate of drug-likeness (QED) is 0.455. The number of rotatable bonds is 8. The van der Waals surface area contributed by atoms with Crippen molar-refractivity contribution >= 4 is 34.7 Å². The maximum Gasteiger partial charge on any atom is 0.573 e. The lowest BCUT2D eigenvalue weighted by Gasteiger charge is -2.31. The number of benzene rings is 1. The number of aliphatic hydroxyl groups is 1. The Morgan fingerprint density at radius 2 is 2.03 bits per heavy atom. The molecular formula is C22H25F3N6O4S. The van der Waals surface area contributed by atoms with E-state index in [0.717, 1.165) is 31.0 Å². The highest BCUT2D eigenvalue weighted by molar-refractivity contribution is 7.99. The highest BCUT2D eigenvalue weighted by Gasteiger charge is 2.33. The van der Waals surface area contributed by atoms with Gasteiger partial charge in [-0.3, -0.25) is 4.79 Å². The molecule has 0 unspecified atom stereocenters. The highest BCUT2D eigenvalue weighted by atomic mass is 32.2. The molecule has 194 valence electrons. The van der Waals surface area contributed by atoms with Gasteiger partial charge in [-0.2, -0.15) is 0 Å². The number of likely N-dealkylation sites (tertiary alicyclic amines) is 1. The monoisotopic (exact) mass is 526 g/mol. The van der Waals surface area contributed by atoms with Gasteiger partial charge in [0.25, 0.3) is 0 Å². The van der Waals surface area contributed by atoms with Gasteiger partial charge in [0.1, 0.15) is 24.4 Å². The number of nitrogens with zero attached hydrogens (tertiary/aromatic N) is 5. The van der Waals surface area contributed by atoms with Crippen LogP contribution in [0.4, 0.5) is 19.0 Å². The standard InChI is InChI=1S/C22H25F3N6O4S/c1-34-14-2-3-15(35-22(23,24)25)16(10-14)36-21-29-18-19(26)27-12-28-20(18)31(21)9-6-13-4-7-30(8-5-13)17(33)11-32/h2-3,10,12-13,32H,4-9,11H2,1H3,(H2,26,27,28). The number of ether oxygens (including phenoxy) is 2. The molecule has 2 aromatic heterocycles. The molecule has 1 aromatic carbocycles. The van der Waals surface area contributed by atoms with E-state index in [1.165, 1.54) is 31.6 Å². The predicted octanol–water partition coefficient (Wildman–Crippen LogP) is 3.09. The zero-order valence-corrected chi connectivity index (χ0v) is 20.2. The smallest absolute Gasteiger partial charge is 0.497 e. The van der Waals surface area contributed by atoms with E-state index in [2.05, 4.69) is 19.7 Å². The van der Waals surface area contributed by atoms with Crippen molar-refractivity contribution in [2.75, 3.05) is 32.5 Å². The van der Waals surface area contributed by atoms with Gasteiger partial charge in [0.2, 0.25) is 5.91 Å². The lowest BCUT2D eigenvalue weighted by molar-refractivity contribution is -0.275. The molecule has 1 aliphatic heterocycles. The van der Waals surface area contributed by atoms with Crippen molar-refractivity contribution < 1.29 is 32.5 Å². The molecule has 3 N–H and O–H groups in total. The topological polar surface area (TPSA) is 129 Å². The van der Waals surface area contributed by atoms with E-state index in [9.17, 15) is 18.0 Å². The summed E-state index contributed by atoms with van der Waals surface area (Å²) in [5, 5.41) is 9.45. The Bertz CT molecular complexity index is 1230. The first kappa shape index (κ1) is 25.8. The van der Waals surface area contributed by atoms with E-state index >= 15 is 0 Å². The number of hydrogen-bond donors (Lipinski definition) is 2. The summed E-state index contributed by atoms with van der Waals surface area (Å²) in [5.41, 5.74) is 6.82. The number of alkyl halides is 3. The minimum atomic E-state index is -4.87. The number of nitrogen functional groups attached to an aromatic ring is 1. The van der Waals surface area contributed by atoms with Crippen LogP contribution in [0.1, 0.15) is 19.3 Å². The fourth-order valence-electron chi connectivity index (χ4n) is 4.10. The number of carbonyl (C=O) groups excluding carboxylic acids is 1. The number of imidazole rings is 1. The van der Waals surface area contributed by atoms with Gasteiger partial charge in [0, 0.05) is 19.6 Å². The minimum Gasteiger partial charge on any atom is -0.497 e. The van der Waals surface area contributed by atoms with Crippen molar-refractivity contribution in [3.05, 3.63) is 24.5 Å². The molecule has 1 fully saturated rings. The molecule has 3 heterocycles. The van der Waals surface area contributed by atoms with Crippen LogP contribution >= 0.6 is 11.8 Å². The number of aryl methyl sites for hydroxylation is 1. The van der Waals surface area contributed by atoms with Crippen LogP contribution in [0.15, 0.2) is 34.6 Å². The molecule has 10 nitrogen and oxygen atoms in total. The molecule has 1 saturated heterocycles. The first-order valence-corrected chi connectivity index (χ1v) is 12.0. The maximum absolute atomic E-state index is 13.0. The molecule has 0 spiro atoms. The number of methoxy groups -OCH3 is 1. The highest BCUT2D eigenvalue weighted by Crippen LogP contribution is 2.40. The molecule has 1 amide bonds. The number of aromatic nitrogens is 4. The normalized spacial score (nSPS) is 14.9. The second kappa shape index (κ2) is 10.8. The summed E-state index contributed by atoms with van der Waals surface area (Å²) in [6.07, 6.45) is -1.28. The third-order valence-corrected chi connectivity index (χ3v) is 7.00. The summed E-state index contributed by atoms with van der Waals surface area (Å²) in [6.45, 7) is 1.10. The average Bonchev–Trinajstić information content (AvgIpc) is 3.21. The van der Waals surface area contributed by atoms with Gasteiger partial charge in [0.05, 0.1) is 12.0 Å². The molecule has 36 heavy (non-hydrogen) atoms. The van der Waals surface area contributed by atoms with Gasteiger partial charge in [0.15, 0.2) is 22.1 Å². The summed E-state index contributed by atoms with van der Waals surface area (Å²) in [4.78, 5) is 26.3. The summed E-state index contributed by atoms with van der Waals surface area (Å²) >= 11 is 0.982. The Morgan fingerprint density at radius 1 is 1.28 bits per heavy atom. The van der Waals surface area contributed by atoms with Gasteiger partial charge < -0.3 is 29.8 Å². The van der Waals surface area contributed by atoms with Gasteiger partial charge in [-0.05, 0) is 55.1 Å². The summed E-state index contributed by atoms with van der Waals surface area (Å²) in [6, 6.07) is 4.01. The summed E-state index contributed by atoms with van der Waals surface area (Å²) in [7, 11) is 1.42. The number of amides is 1. The number of fused-ring (bicyclic) bond motifs is 1. The Kier molecular flexibility index (Phi) is 7.73. The number of nitrogens with two attached hydrogens (primary N) is 1. The first-order chi connectivity index (χ1) is 17.2. The van der Waals surface area contributed by atoms with Crippen molar-refractivity contribution in [2.45, 2.75) is 42.2 Å². The van der Waals surface area contributed by atoms with Crippen LogP contribution in [-0.4, -0.2) is 68.6 Å². The zero-order valence-electron chi connectivity index (χ0n) is 19.4. The number of piperidine rings is 1. The number of anilines is 1. The van der Waals surface area contributed by atoms with Gasteiger partial charge in [-0.15, -0.1) is 13.2 Å². The van der Waals surface area contributed by atoms with Crippen LogP contribution in [0, 0.1) is 5.92 Å². The largest absolute Gasteiger partial charge is 0.573 e. The van der Waals surface area contributed by atoms with Gasteiger partial charge in [-0.25, -0.2) is 15.0 Å². The lowest BCUT2D eigenvalue weighted by atomic mass is 9.93. The predicted molar refractivity (Wildman–Crippen MR) is 125 cm³/mol. The summed E-state index contributed by atoms with van der Waals surface area (Å²) in [5.74, 6) is 0.164. The van der Waals surface area contributed by atoms with E-state index in [-0.39, 0.29) is 22.4 Å². The van der Waals surface area contributed by atoms with Crippen LogP contribution in [0.2, 0.25) is 0 Å². The third-order valence-electron chi connectivity index (χ3n) is 5.97. The van der Waals surface area contributed by atoms with Crippen molar-refractivity contribution in [1.82, 2.24) is 24.4 Å². The third kappa shape index (κ3) is 5.93. The molecule has 4 rings (SSSR count). The molecule has 0 bridgehead atoms. The molecular weight excluding hydrogens is 501 g/mol. The number of aliphatic hydroxyl groups excluding tert-OH is 1. The number of halogens is 3. The van der Waals surface area contributed by atoms with Crippen molar-refractivity contribution in [3.63, 3.8) is 0 Å². The van der Waals surface area contributed by atoms with Gasteiger partial charge in [-0.1, -0.05) is 0 Å². The zero-order chi connectivity index (χ0) is 25.9. The average molecular weight is 527 g/mol. The molecule has 0 aliphatic carbocycles. The Morgan fingerprint density at radius 3 is 2.69 bits per heavy atom. The molecule has 1 aliphatic rings. The molecule has 0 saturated carbocycles. The van der Waals surface area contributed by atoms with Gasteiger partial charge >= 0.3 is 6.36 Å². The van der Waals surface area contributed by atoms with Crippen LogP contribution in [0.5, 0.6) is 11.5 Å². The van der Waals surface area contributed by atoms with E-state index in [1.807, 2.05) is 0 Å². The summed E-state index contributed by atoms with van der Waals surface area (Å²) < 4.78 is 50.2. The second-order valence-corrected chi connectivity index (χ2v) is 9.22. The van der Waals surface area contributed by atoms with Crippen LogP contribution in [0.3, 0.4) is 0 Å². The van der Waals surface area contributed by atoms with E-state index < -0.39 is 13.0 Å². The SMILES string of the molecule is COc1ccc(OC(F)(F)F)c(Sc2nc3c(N)ncnc3n2CCC2CCN(C(=O)CO)CC2)c1. The molecule has 0 atom stereocenters.